The van der Waals surface area contributed by atoms with Gasteiger partial charge in [0.05, 0.1) is 16.6 Å². The molecule has 1 fully saturated rings. The van der Waals surface area contributed by atoms with E-state index in [1.165, 1.54) is 18.7 Å². The zero-order chi connectivity index (χ0) is 20.4. The number of benzene rings is 2. The number of rotatable bonds is 7. The molecule has 1 aliphatic rings. The largest absolute Gasteiger partial charge is 0.324 e. The normalized spacial score (nSPS) is 14.4. The lowest BCUT2D eigenvalue weighted by Crippen LogP contribution is -2.23. The van der Waals surface area contributed by atoms with Gasteiger partial charge < -0.3 is 5.32 Å². The average Bonchev–Trinajstić information content (AvgIpc) is 3.49. The van der Waals surface area contributed by atoms with Crippen molar-refractivity contribution in [1.29, 1.82) is 0 Å². The molecule has 2 aromatic carbocycles. The molecule has 0 unspecified atom stereocenters. The second-order valence-corrected chi connectivity index (χ2v) is 8.43. The first-order valence-electron chi connectivity index (χ1n) is 9.63. The highest BCUT2D eigenvalue weighted by molar-refractivity contribution is 8.00. The van der Waals surface area contributed by atoms with Gasteiger partial charge in [0.15, 0.2) is 5.78 Å². The highest BCUT2D eigenvalue weighted by atomic mass is 32.2. The summed E-state index contributed by atoms with van der Waals surface area (Å²) in [6.45, 7) is 3.30. The molecule has 1 atom stereocenters. The van der Waals surface area contributed by atoms with Crippen molar-refractivity contribution in [3.63, 3.8) is 0 Å². The number of hydrogen-bond acceptors (Lipinski definition) is 5. The third-order valence-electron chi connectivity index (χ3n) is 4.77. The molecule has 4 rings (SSSR count). The molecule has 0 saturated heterocycles. The fraction of sp³-hybridized carbons (Fsp3) is 0.273. The Bertz CT molecular complexity index is 1040. The van der Waals surface area contributed by atoms with E-state index in [-0.39, 0.29) is 11.7 Å². The summed E-state index contributed by atoms with van der Waals surface area (Å²) in [4.78, 5) is 29.2. The van der Waals surface area contributed by atoms with Crippen molar-refractivity contribution >= 4 is 29.1 Å². The molecule has 1 amide bonds. The molecule has 29 heavy (non-hydrogen) atoms. The van der Waals surface area contributed by atoms with Gasteiger partial charge in [-0.2, -0.15) is 0 Å². The van der Waals surface area contributed by atoms with Crippen LogP contribution in [0.1, 0.15) is 48.8 Å². The van der Waals surface area contributed by atoms with Crippen molar-refractivity contribution in [3.8, 4) is 5.69 Å². The van der Waals surface area contributed by atoms with Crippen LogP contribution >= 0.6 is 11.8 Å². The minimum Gasteiger partial charge on any atom is -0.324 e. The van der Waals surface area contributed by atoms with Crippen molar-refractivity contribution in [2.24, 2.45) is 0 Å². The summed E-state index contributed by atoms with van der Waals surface area (Å²) in [5.41, 5.74) is 2.00. The molecule has 3 aromatic rings. The number of aromatic nitrogens is 3. The van der Waals surface area contributed by atoms with Crippen molar-refractivity contribution in [2.45, 2.75) is 43.0 Å². The van der Waals surface area contributed by atoms with Gasteiger partial charge in [-0.1, -0.05) is 42.1 Å². The van der Waals surface area contributed by atoms with E-state index in [1.54, 1.807) is 24.3 Å². The van der Waals surface area contributed by atoms with Crippen molar-refractivity contribution < 1.29 is 9.59 Å². The Morgan fingerprint density at radius 3 is 2.48 bits per heavy atom. The van der Waals surface area contributed by atoms with Gasteiger partial charge in [-0.3, -0.25) is 9.59 Å². The Kier molecular flexibility index (Phi) is 5.49. The monoisotopic (exact) mass is 406 g/mol. The number of amides is 1. The SMILES string of the molecule is CC(=O)c1ccccc1NC(=O)[C@H](C)Sc1nc(C2CC2)n(-c2ccccc2)n1. The van der Waals surface area contributed by atoms with Crippen LogP contribution in [-0.4, -0.2) is 31.7 Å². The Balaban J connectivity index is 1.51. The van der Waals surface area contributed by atoms with Crippen molar-refractivity contribution in [1.82, 2.24) is 14.8 Å². The maximum atomic E-state index is 12.7. The van der Waals surface area contributed by atoms with Crippen LogP contribution in [0.5, 0.6) is 0 Å². The standard InChI is InChI=1S/C22H22N4O2S/c1-14(27)18-10-6-7-11-19(18)23-21(28)15(2)29-22-24-20(16-12-13-16)26(25-22)17-8-4-3-5-9-17/h3-11,15-16H,12-13H2,1-2H3,(H,23,28)/t15-/m0/s1. The highest BCUT2D eigenvalue weighted by Gasteiger charge is 2.31. The van der Waals surface area contributed by atoms with E-state index in [9.17, 15) is 9.59 Å². The highest BCUT2D eigenvalue weighted by Crippen LogP contribution is 2.40. The van der Waals surface area contributed by atoms with Gasteiger partial charge in [-0.15, -0.1) is 5.10 Å². The number of nitrogens with zero attached hydrogens (tertiary/aromatic N) is 3. The number of thioether (sulfide) groups is 1. The van der Waals surface area contributed by atoms with E-state index in [2.05, 4.69) is 10.4 Å². The number of nitrogens with one attached hydrogen (secondary N) is 1. The van der Waals surface area contributed by atoms with Gasteiger partial charge in [0, 0.05) is 11.5 Å². The Morgan fingerprint density at radius 2 is 1.79 bits per heavy atom. The van der Waals surface area contributed by atoms with Crippen LogP contribution in [-0.2, 0) is 4.79 Å². The summed E-state index contributed by atoms with van der Waals surface area (Å²) in [7, 11) is 0. The van der Waals surface area contributed by atoms with E-state index < -0.39 is 5.25 Å². The van der Waals surface area contributed by atoms with Crippen LogP contribution in [0, 0.1) is 0 Å². The fourth-order valence-corrected chi connectivity index (χ4v) is 3.82. The number of carbonyl (C=O) groups is 2. The first-order valence-corrected chi connectivity index (χ1v) is 10.5. The van der Waals surface area contributed by atoms with Gasteiger partial charge >= 0.3 is 0 Å². The third kappa shape index (κ3) is 4.40. The Labute approximate surface area is 173 Å². The third-order valence-corrected chi connectivity index (χ3v) is 5.72. The van der Waals surface area contributed by atoms with Crippen LogP contribution in [0.25, 0.3) is 5.69 Å². The molecule has 1 aromatic heterocycles. The number of Topliss-reactive ketones (excluding diaryl/α,β-unsaturated/α-hetero) is 1. The molecule has 0 radical (unpaired) electrons. The van der Waals surface area contributed by atoms with Gasteiger partial charge in [-0.25, -0.2) is 9.67 Å². The number of anilines is 1. The molecule has 1 N–H and O–H groups in total. The lowest BCUT2D eigenvalue weighted by Gasteiger charge is -2.12. The minimum atomic E-state index is -0.409. The molecule has 0 bridgehead atoms. The lowest BCUT2D eigenvalue weighted by molar-refractivity contribution is -0.115. The summed E-state index contributed by atoms with van der Waals surface area (Å²) in [5, 5.41) is 7.68. The summed E-state index contributed by atoms with van der Waals surface area (Å²) in [5.74, 6) is 1.11. The smallest absolute Gasteiger partial charge is 0.237 e. The van der Waals surface area contributed by atoms with Crippen LogP contribution in [0.3, 0.4) is 0 Å². The molecule has 1 saturated carbocycles. The van der Waals surface area contributed by atoms with E-state index in [0.29, 0.717) is 22.3 Å². The molecule has 1 heterocycles. The van der Waals surface area contributed by atoms with Crippen LogP contribution < -0.4 is 5.32 Å². The first kappa shape index (κ1) is 19.4. The predicted molar refractivity (Wildman–Crippen MR) is 114 cm³/mol. The Morgan fingerprint density at radius 1 is 1.10 bits per heavy atom. The number of para-hydroxylation sites is 2. The van der Waals surface area contributed by atoms with Gasteiger partial charge in [0.25, 0.3) is 0 Å². The van der Waals surface area contributed by atoms with Gasteiger partial charge in [0.2, 0.25) is 11.1 Å². The predicted octanol–water partition coefficient (Wildman–Crippen LogP) is 4.47. The number of ketones is 1. The van der Waals surface area contributed by atoms with Gasteiger partial charge in [0.1, 0.15) is 5.82 Å². The Hall–Kier alpha value is -2.93. The van der Waals surface area contributed by atoms with Crippen molar-refractivity contribution in [2.75, 3.05) is 5.32 Å². The van der Waals surface area contributed by atoms with Gasteiger partial charge in [-0.05, 0) is 51.0 Å². The molecule has 0 spiro atoms. The zero-order valence-corrected chi connectivity index (χ0v) is 17.1. The van der Waals surface area contributed by atoms with Crippen LogP contribution in [0.2, 0.25) is 0 Å². The minimum absolute atomic E-state index is 0.0847. The summed E-state index contributed by atoms with van der Waals surface area (Å²) >= 11 is 1.32. The van der Waals surface area contributed by atoms with E-state index in [0.717, 1.165) is 24.4 Å². The molecular weight excluding hydrogens is 384 g/mol. The summed E-state index contributed by atoms with van der Waals surface area (Å²) in [6.07, 6.45) is 2.24. The molecule has 148 valence electrons. The lowest BCUT2D eigenvalue weighted by atomic mass is 10.1. The topological polar surface area (TPSA) is 76.9 Å². The maximum absolute atomic E-state index is 12.7. The fourth-order valence-electron chi connectivity index (χ4n) is 3.06. The summed E-state index contributed by atoms with van der Waals surface area (Å²) < 4.78 is 1.88. The average molecular weight is 407 g/mol. The second-order valence-electron chi connectivity index (χ2n) is 7.13. The number of hydrogen-bond donors (Lipinski definition) is 1. The molecule has 1 aliphatic carbocycles. The van der Waals surface area contributed by atoms with Crippen molar-refractivity contribution in [3.05, 3.63) is 66.0 Å². The molecular formula is C22H22N4O2S. The van der Waals surface area contributed by atoms with E-state index in [1.807, 2.05) is 41.9 Å². The maximum Gasteiger partial charge on any atom is 0.237 e. The van der Waals surface area contributed by atoms with Crippen LogP contribution in [0.15, 0.2) is 59.8 Å². The quantitative estimate of drug-likeness (QED) is 0.463. The van der Waals surface area contributed by atoms with E-state index >= 15 is 0 Å². The molecule has 6 nitrogen and oxygen atoms in total. The number of carbonyl (C=O) groups excluding carboxylic acids is 2. The van der Waals surface area contributed by atoms with Crippen LogP contribution in [0.4, 0.5) is 5.69 Å². The second kappa shape index (κ2) is 8.21. The molecule has 0 aliphatic heterocycles. The van der Waals surface area contributed by atoms with E-state index in [4.69, 9.17) is 4.98 Å². The first-order chi connectivity index (χ1) is 14.0. The molecule has 7 heteroatoms. The zero-order valence-electron chi connectivity index (χ0n) is 16.3. The summed E-state index contributed by atoms with van der Waals surface area (Å²) in [6, 6.07) is 17.0.